The predicted molar refractivity (Wildman–Crippen MR) is 101 cm³/mol. The summed E-state index contributed by atoms with van der Waals surface area (Å²) < 4.78 is 4.30. The summed E-state index contributed by atoms with van der Waals surface area (Å²) >= 11 is 39.7. The fourth-order valence-corrected chi connectivity index (χ4v) is 8.59. The second-order valence-corrected chi connectivity index (χ2v) is 10.6. The van der Waals surface area contributed by atoms with Gasteiger partial charge in [-0.3, -0.25) is 14.4 Å². The summed E-state index contributed by atoms with van der Waals surface area (Å²) in [5.41, 5.74) is 0. The SMILES string of the molecule is C=CCON1C(=O)[C@@H]2[C@H]3O[C@H]([C@@H]2C1=O)[C@@H]1[C@@H]3[C@]2(Cl)C(Cl)=C(Cl)[C@]1(Cl)C2(Cl)Cl. The van der Waals surface area contributed by atoms with Crippen molar-refractivity contribution in [2.75, 3.05) is 6.61 Å². The Hall–Kier alpha value is 0.280. The maximum Gasteiger partial charge on any atom is 0.260 e. The molecular weight excluding hydrogens is 483 g/mol. The lowest BCUT2D eigenvalue weighted by Crippen LogP contribution is -2.50. The number of hydrogen-bond acceptors (Lipinski definition) is 4. The molecule has 5 nitrogen and oxygen atoms in total. The van der Waals surface area contributed by atoms with Crippen molar-refractivity contribution in [2.45, 2.75) is 26.3 Å². The summed E-state index contributed by atoms with van der Waals surface area (Å²) in [4.78, 5) is 27.9. The van der Waals surface area contributed by atoms with Crippen molar-refractivity contribution >= 4 is 81.4 Å². The fraction of sp³-hybridized carbons (Fsp3) is 0.625. The van der Waals surface area contributed by atoms with Crippen molar-refractivity contribution in [2.24, 2.45) is 23.7 Å². The number of rotatable bonds is 3. The lowest BCUT2D eigenvalue weighted by molar-refractivity contribution is -0.189. The Kier molecular flexibility index (Phi) is 3.92. The number of ether oxygens (including phenoxy) is 1. The monoisotopic (exact) mass is 491 g/mol. The summed E-state index contributed by atoms with van der Waals surface area (Å²) in [6.07, 6.45) is -0.0192. The van der Waals surface area contributed by atoms with Gasteiger partial charge in [0, 0.05) is 11.8 Å². The van der Waals surface area contributed by atoms with Gasteiger partial charge in [0.2, 0.25) is 0 Å². The van der Waals surface area contributed by atoms with Crippen LogP contribution in [-0.4, -0.2) is 49.8 Å². The van der Waals surface area contributed by atoms with Crippen LogP contribution in [0.4, 0.5) is 0 Å². The van der Waals surface area contributed by atoms with E-state index < -0.39 is 61.8 Å². The molecule has 4 fully saturated rings. The van der Waals surface area contributed by atoms with E-state index in [0.717, 1.165) is 5.06 Å². The molecule has 2 aliphatic carbocycles. The minimum absolute atomic E-state index is 0.0184. The molecule has 5 aliphatic rings. The second-order valence-electron chi connectivity index (χ2n) is 7.35. The summed E-state index contributed by atoms with van der Waals surface area (Å²) in [6.45, 7) is 3.53. The summed E-state index contributed by atoms with van der Waals surface area (Å²) in [5.74, 6) is -3.68. The Balaban J connectivity index is 1.62. The van der Waals surface area contributed by atoms with Crippen molar-refractivity contribution in [3.63, 3.8) is 0 Å². The van der Waals surface area contributed by atoms with Crippen LogP contribution in [0.3, 0.4) is 0 Å². The van der Waals surface area contributed by atoms with Gasteiger partial charge in [-0.15, -0.1) is 29.8 Å². The highest BCUT2D eigenvalue weighted by atomic mass is 35.5. The van der Waals surface area contributed by atoms with Gasteiger partial charge in [0.1, 0.15) is 9.75 Å². The first-order valence-corrected chi connectivity index (χ1v) is 10.4. The van der Waals surface area contributed by atoms with Crippen molar-refractivity contribution in [1.82, 2.24) is 5.06 Å². The minimum atomic E-state index is -1.73. The molecule has 0 aromatic heterocycles. The van der Waals surface area contributed by atoms with E-state index in [0.29, 0.717) is 0 Å². The molecule has 146 valence electrons. The lowest BCUT2D eigenvalue weighted by Gasteiger charge is -2.39. The lowest BCUT2D eigenvalue weighted by atomic mass is 9.65. The number of hydroxylamine groups is 2. The molecule has 5 rings (SSSR count). The van der Waals surface area contributed by atoms with Gasteiger partial charge in [-0.25, -0.2) is 0 Å². The number of carbonyl (C=O) groups is 2. The molecule has 1 saturated carbocycles. The van der Waals surface area contributed by atoms with Gasteiger partial charge in [-0.2, -0.15) is 5.06 Å². The maximum atomic E-state index is 12.8. The molecular formula is C16H11Cl6NO4. The smallest absolute Gasteiger partial charge is 0.260 e. The van der Waals surface area contributed by atoms with Crippen molar-refractivity contribution in [1.29, 1.82) is 0 Å². The molecule has 4 bridgehead atoms. The molecule has 27 heavy (non-hydrogen) atoms. The van der Waals surface area contributed by atoms with Crippen LogP contribution < -0.4 is 0 Å². The average molecular weight is 494 g/mol. The Morgan fingerprint density at radius 3 is 1.85 bits per heavy atom. The van der Waals surface area contributed by atoms with Gasteiger partial charge in [0.05, 0.1) is 40.7 Å². The highest BCUT2D eigenvalue weighted by molar-refractivity contribution is 6.65. The first-order valence-electron chi connectivity index (χ1n) is 8.15. The maximum absolute atomic E-state index is 12.8. The zero-order valence-corrected chi connectivity index (χ0v) is 17.8. The molecule has 3 saturated heterocycles. The largest absolute Gasteiger partial charge is 0.373 e. The highest BCUT2D eigenvalue weighted by Gasteiger charge is 2.90. The standard InChI is InChI=1S/C16H11Cl6NO4/c1-2-3-26-23-12(24)4-5(13(23)25)9-7-6(8(4)27-9)14(19)10(17)11(18)15(7,20)16(14,21)22/h2,4-9H,1,3H2/t4-,5+,6-,7-,8+,9+,14-,15-/m0/s1. The number of imide groups is 1. The third-order valence-corrected chi connectivity index (χ3v) is 10.8. The highest BCUT2D eigenvalue weighted by Crippen LogP contribution is 2.81. The van der Waals surface area contributed by atoms with Crippen LogP contribution in [-0.2, 0) is 19.2 Å². The normalized spacial score (nSPS) is 51.4. The van der Waals surface area contributed by atoms with E-state index in [-0.39, 0.29) is 16.7 Å². The van der Waals surface area contributed by atoms with Crippen LogP contribution in [0.25, 0.3) is 0 Å². The molecule has 0 aromatic rings. The Morgan fingerprint density at radius 1 is 1.00 bits per heavy atom. The van der Waals surface area contributed by atoms with Crippen LogP contribution >= 0.6 is 69.6 Å². The first kappa shape index (κ1) is 19.3. The molecule has 0 aromatic carbocycles. The van der Waals surface area contributed by atoms with Crippen LogP contribution in [0.5, 0.6) is 0 Å². The fourth-order valence-electron chi connectivity index (χ4n) is 5.52. The average Bonchev–Trinajstić information content (AvgIpc) is 3.31. The molecule has 0 unspecified atom stereocenters. The van der Waals surface area contributed by atoms with Crippen molar-refractivity contribution in [3.05, 3.63) is 22.7 Å². The van der Waals surface area contributed by atoms with E-state index in [1.807, 2.05) is 0 Å². The van der Waals surface area contributed by atoms with Crippen LogP contribution in [0.1, 0.15) is 0 Å². The Bertz CT molecular complexity index is 789. The molecule has 11 heteroatoms. The van der Waals surface area contributed by atoms with E-state index in [2.05, 4.69) is 6.58 Å². The van der Waals surface area contributed by atoms with E-state index in [9.17, 15) is 9.59 Å². The molecule has 3 heterocycles. The van der Waals surface area contributed by atoms with Crippen LogP contribution in [0, 0.1) is 23.7 Å². The van der Waals surface area contributed by atoms with Crippen LogP contribution in [0.15, 0.2) is 22.7 Å². The van der Waals surface area contributed by atoms with Gasteiger partial charge in [-0.1, -0.05) is 52.5 Å². The molecule has 3 aliphatic heterocycles. The second kappa shape index (κ2) is 5.50. The van der Waals surface area contributed by atoms with Crippen LogP contribution in [0.2, 0.25) is 0 Å². The van der Waals surface area contributed by atoms with Gasteiger partial charge in [0.25, 0.3) is 11.8 Å². The molecule has 2 amide bonds. The van der Waals surface area contributed by atoms with E-state index in [1.165, 1.54) is 6.08 Å². The van der Waals surface area contributed by atoms with Gasteiger partial charge < -0.3 is 4.74 Å². The summed E-state index contributed by atoms with van der Waals surface area (Å²) in [6, 6.07) is 0. The number of allylic oxidation sites excluding steroid dienone is 2. The summed E-state index contributed by atoms with van der Waals surface area (Å²) in [5, 5.41) is 0.878. The van der Waals surface area contributed by atoms with Crippen molar-refractivity contribution < 1.29 is 19.2 Å². The number of hydrogen-bond donors (Lipinski definition) is 0. The molecule has 8 atom stereocenters. The van der Waals surface area contributed by atoms with Gasteiger partial charge in [-0.05, 0) is 0 Å². The van der Waals surface area contributed by atoms with E-state index in [1.54, 1.807) is 0 Å². The third kappa shape index (κ3) is 1.74. The van der Waals surface area contributed by atoms with Gasteiger partial charge >= 0.3 is 0 Å². The number of fused-ring (bicyclic) bond motifs is 12. The molecule has 0 N–H and O–H groups in total. The zero-order valence-electron chi connectivity index (χ0n) is 13.3. The summed E-state index contributed by atoms with van der Waals surface area (Å²) in [7, 11) is 0. The molecule has 0 spiro atoms. The third-order valence-electron chi connectivity index (χ3n) is 6.46. The Morgan fingerprint density at radius 2 is 1.44 bits per heavy atom. The van der Waals surface area contributed by atoms with E-state index in [4.69, 9.17) is 79.2 Å². The predicted octanol–water partition coefficient (Wildman–Crippen LogP) is 3.56. The quantitative estimate of drug-likeness (QED) is 0.343. The first-order chi connectivity index (χ1) is 12.6. The number of nitrogens with zero attached hydrogens (tertiary/aromatic N) is 1. The Labute approximate surface area is 184 Å². The van der Waals surface area contributed by atoms with Gasteiger partial charge in [0.15, 0.2) is 4.33 Å². The van der Waals surface area contributed by atoms with E-state index >= 15 is 0 Å². The number of halogens is 6. The van der Waals surface area contributed by atoms with Crippen molar-refractivity contribution in [3.8, 4) is 0 Å². The number of amides is 2. The number of carbonyl (C=O) groups excluding carboxylic acids is 2. The zero-order chi connectivity index (χ0) is 19.7. The number of alkyl halides is 4. The topological polar surface area (TPSA) is 55.8 Å². The molecule has 0 radical (unpaired) electrons. The minimum Gasteiger partial charge on any atom is -0.373 e.